The second-order valence-electron chi connectivity index (χ2n) is 7.53. The van der Waals surface area contributed by atoms with E-state index in [0.29, 0.717) is 19.1 Å². The lowest BCUT2D eigenvalue weighted by atomic mass is 9.90. The molecule has 0 spiro atoms. The van der Waals surface area contributed by atoms with Crippen molar-refractivity contribution in [3.05, 3.63) is 29.6 Å². The largest absolute Gasteiger partial charge is 0.384 e. The van der Waals surface area contributed by atoms with Gasteiger partial charge in [-0.2, -0.15) is 5.10 Å². The summed E-state index contributed by atoms with van der Waals surface area (Å²) in [5, 5.41) is 4.63. The second kappa shape index (κ2) is 6.71. The van der Waals surface area contributed by atoms with E-state index in [9.17, 15) is 4.79 Å². The van der Waals surface area contributed by atoms with E-state index in [1.807, 2.05) is 11.1 Å². The van der Waals surface area contributed by atoms with Crippen molar-refractivity contribution in [2.45, 2.75) is 51.1 Å². The van der Waals surface area contributed by atoms with Gasteiger partial charge in [-0.15, -0.1) is 0 Å². The summed E-state index contributed by atoms with van der Waals surface area (Å²) >= 11 is 0. The Balaban J connectivity index is 1.54. The van der Waals surface area contributed by atoms with Gasteiger partial charge in [0.2, 0.25) is 5.91 Å². The normalized spacial score (nSPS) is 26.5. The molecule has 5 heteroatoms. The zero-order valence-corrected chi connectivity index (χ0v) is 14.5. The standard InChI is InChI=1S/C19H27N3O2/c1-24-13-17-12-21(19(23)15-5-3-2-4-6-15)11-16-9-20-22(18(16)17)10-14-7-8-14/h2-3,9,14-15,17H,4-8,10-13H2,1H3/t15-,17-/m0/s1. The lowest BCUT2D eigenvalue weighted by Gasteiger charge is -2.35. The Morgan fingerprint density at radius 2 is 2.21 bits per heavy atom. The molecule has 2 heterocycles. The van der Waals surface area contributed by atoms with Crippen LogP contribution in [0.2, 0.25) is 0 Å². The summed E-state index contributed by atoms with van der Waals surface area (Å²) in [6, 6.07) is 0. The summed E-state index contributed by atoms with van der Waals surface area (Å²) in [5.74, 6) is 1.50. The topological polar surface area (TPSA) is 47.4 Å². The third-order valence-electron chi connectivity index (χ3n) is 5.57. The van der Waals surface area contributed by atoms with Crippen molar-refractivity contribution in [1.29, 1.82) is 0 Å². The second-order valence-corrected chi connectivity index (χ2v) is 7.53. The van der Waals surface area contributed by atoms with Crippen LogP contribution < -0.4 is 0 Å². The Morgan fingerprint density at radius 1 is 1.33 bits per heavy atom. The first kappa shape index (κ1) is 15.9. The van der Waals surface area contributed by atoms with Crippen LogP contribution in [0.15, 0.2) is 18.3 Å². The van der Waals surface area contributed by atoms with Crippen molar-refractivity contribution in [1.82, 2.24) is 14.7 Å². The molecule has 1 saturated carbocycles. The Morgan fingerprint density at radius 3 is 2.92 bits per heavy atom. The number of hydrogen-bond donors (Lipinski definition) is 0. The summed E-state index contributed by atoms with van der Waals surface area (Å²) in [7, 11) is 1.74. The van der Waals surface area contributed by atoms with Gasteiger partial charge in [-0.3, -0.25) is 9.48 Å². The highest BCUT2D eigenvalue weighted by Gasteiger charge is 2.35. The highest BCUT2D eigenvalue weighted by Crippen LogP contribution is 2.35. The van der Waals surface area contributed by atoms with Crippen LogP contribution in [0.25, 0.3) is 0 Å². The van der Waals surface area contributed by atoms with Gasteiger partial charge in [-0.05, 0) is 38.0 Å². The zero-order valence-electron chi connectivity index (χ0n) is 14.5. The lowest BCUT2D eigenvalue weighted by molar-refractivity contribution is -0.137. The fourth-order valence-corrected chi connectivity index (χ4v) is 4.12. The highest BCUT2D eigenvalue weighted by molar-refractivity contribution is 5.79. The van der Waals surface area contributed by atoms with Gasteiger partial charge in [0.05, 0.1) is 18.5 Å². The minimum absolute atomic E-state index is 0.154. The number of amides is 1. The third kappa shape index (κ3) is 3.14. The Labute approximate surface area is 143 Å². The number of carbonyl (C=O) groups excluding carboxylic acids is 1. The molecule has 0 bridgehead atoms. The molecule has 0 N–H and O–H groups in total. The van der Waals surface area contributed by atoms with Gasteiger partial charge in [-0.25, -0.2) is 0 Å². The third-order valence-corrected chi connectivity index (χ3v) is 5.57. The number of nitrogens with zero attached hydrogens (tertiary/aromatic N) is 3. The molecule has 2 atom stereocenters. The van der Waals surface area contributed by atoms with Crippen LogP contribution in [0.1, 0.15) is 49.3 Å². The molecular weight excluding hydrogens is 302 g/mol. The molecule has 0 unspecified atom stereocenters. The van der Waals surface area contributed by atoms with E-state index >= 15 is 0 Å². The molecule has 0 saturated heterocycles. The highest BCUT2D eigenvalue weighted by atomic mass is 16.5. The zero-order chi connectivity index (χ0) is 16.5. The van der Waals surface area contributed by atoms with Crippen molar-refractivity contribution >= 4 is 5.91 Å². The van der Waals surface area contributed by atoms with Crippen LogP contribution in [0.3, 0.4) is 0 Å². The van der Waals surface area contributed by atoms with Gasteiger partial charge in [0, 0.05) is 44.1 Å². The van der Waals surface area contributed by atoms with Crippen molar-refractivity contribution in [3.8, 4) is 0 Å². The minimum atomic E-state index is 0.154. The molecule has 130 valence electrons. The van der Waals surface area contributed by atoms with E-state index in [1.165, 1.54) is 24.1 Å². The van der Waals surface area contributed by atoms with E-state index < -0.39 is 0 Å². The summed E-state index contributed by atoms with van der Waals surface area (Å²) in [6.07, 6.45) is 11.9. The predicted octanol–water partition coefficient (Wildman–Crippen LogP) is 2.72. The summed E-state index contributed by atoms with van der Waals surface area (Å²) in [4.78, 5) is 15.0. The first-order chi connectivity index (χ1) is 11.8. The molecule has 0 radical (unpaired) electrons. The number of aromatic nitrogens is 2. The maximum Gasteiger partial charge on any atom is 0.226 e. The van der Waals surface area contributed by atoms with Crippen LogP contribution in [0.5, 0.6) is 0 Å². The van der Waals surface area contributed by atoms with Crippen molar-refractivity contribution in [3.63, 3.8) is 0 Å². The predicted molar refractivity (Wildman–Crippen MR) is 91.5 cm³/mol. The quantitative estimate of drug-likeness (QED) is 0.781. The van der Waals surface area contributed by atoms with Crippen LogP contribution in [-0.4, -0.2) is 40.8 Å². The summed E-state index contributed by atoms with van der Waals surface area (Å²) in [5.41, 5.74) is 2.51. The van der Waals surface area contributed by atoms with E-state index in [4.69, 9.17) is 4.74 Å². The number of allylic oxidation sites excluding steroid dienone is 2. The van der Waals surface area contributed by atoms with Crippen LogP contribution >= 0.6 is 0 Å². The molecule has 1 aromatic rings. The Kier molecular flexibility index (Phi) is 4.44. The molecular formula is C19H27N3O2. The number of hydrogen-bond acceptors (Lipinski definition) is 3. The molecule has 0 aromatic carbocycles. The fraction of sp³-hybridized carbons (Fsp3) is 0.684. The fourth-order valence-electron chi connectivity index (χ4n) is 4.12. The van der Waals surface area contributed by atoms with Crippen LogP contribution in [0, 0.1) is 11.8 Å². The number of rotatable bonds is 5. The van der Waals surface area contributed by atoms with Gasteiger partial charge < -0.3 is 9.64 Å². The molecule has 2 aliphatic carbocycles. The van der Waals surface area contributed by atoms with Crippen molar-refractivity contribution < 1.29 is 9.53 Å². The van der Waals surface area contributed by atoms with E-state index in [0.717, 1.165) is 38.3 Å². The lowest BCUT2D eigenvalue weighted by Crippen LogP contribution is -2.43. The monoisotopic (exact) mass is 329 g/mol. The van der Waals surface area contributed by atoms with Gasteiger partial charge in [0.1, 0.15) is 0 Å². The van der Waals surface area contributed by atoms with Crippen molar-refractivity contribution in [2.24, 2.45) is 11.8 Å². The summed E-state index contributed by atoms with van der Waals surface area (Å²) in [6.45, 7) is 3.14. The SMILES string of the molecule is COC[C@@H]1CN(C(=O)[C@H]2CC=CCC2)Cc2cnn(CC3CC3)c21. The molecule has 1 amide bonds. The molecule has 5 nitrogen and oxygen atoms in total. The van der Waals surface area contributed by atoms with Gasteiger partial charge in [0.25, 0.3) is 0 Å². The molecule has 1 aliphatic heterocycles. The first-order valence-electron chi connectivity index (χ1n) is 9.23. The first-order valence-corrected chi connectivity index (χ1v) is 9.23. The molecule has 1 fully saturated rings. The van der Waals surface area contributed by atoms with Gasteiger partial charge >= 0.3 is 0 Å². The maximum atomic E-state index is 12.9. The minimum Gasteiger partial charge on any atom is -0.384 e. The molecule has 3 aliphatic rings. The maximum absolute atomic E-state index is 12.9. The van der Waals surface area contributed by atoms with E-state index in [-0.39, 0.29) is 11.8 Å². The van der Waals surface area contributed by atoms with E-state index in [2.05, 4.69) is 21.9 Å². The van der Waals surface area contributed by atoms with Gasteiger partial charge in [0.15, 0.2) is 0 Å². The molecule has 1 aromatic heterocycles. The number of fused-ring (bicyclic) bond motifs is 1. The Bertz CT molecular complexity index is 633. The Hall–Kier alpha value is -1.62. The molecule has 4 rings (SSSR count). The average molecular weight is 329 g/mol. The van der Waals surface area contributed by atoms with Crippen molar-refractivity contribution in [2.75, 3.05) is 20.3 Å². The smallest absolute Gasteiger partial charge is 0.226 e. The van der Waals surface area contributed by atoms with Crippen LogP contribution in [0.4, 0.5) is 0 Å². The average Bonchev–Trinajstić information content (AvgIpc) is 3.34. The van der Waals surface area contributed by atoms with Gasteiger partial charge in [-0.1, -0.05) is 12.2 Å². The number of ether oxygens (including phenoxy) is 1. The summed E-state index contributed by atoms with van der Waals surface area (Å²) < 4.78 is 7.65. The van der Waals surface area contributed by atoms with Crippen LogP contribution in [-0.2, 0) is 22.6 Å². The molecule has 24 heavy (non-hydrogen) atoms. The number of carbonyl (C=O) groups is 1. The number of methoxy groups -OCH3 is 1. The van der Waals surface area contributed by atoms with E-state index in [1.54, 1.807) is 7.11 Å².